The van der Waals surface area contributed by atoms with Gasteiger partial charge >= 0.3 is 0 Å². The maximum Gasteiger partial charge on any atom is 0.203 e. The summed E-state index contributed by atoms with van der Waals surface area (Å²) in [5, 5.41) is 27.8. The molecule has 0 bridgehead atoms. The first kappa shape index (κ1) is 12.1. The van der Waals surface area contributed by atoms with Gasteiger partial charge < -0.3 is 15.3 Å². The summed E-state index contributed by atoms with van der Waals surface area (Å²) in [7, 11) is 0. The van der Waals surface area contributed by atoms with Crippen LogP contribution in [-0.4, -0.2) is 15.3 Å². The van der Waals surface area contributed by atoms with E-state index in [1.807, 2.05) is 0 Å². The lowest BCUT2D eigenvalue weighted by Crippen LogP contribution is -1.93. The molecule has 3 nitrogen and oxygen atoms in total. The molecule has 0 heterocycles. The van der Waals surface area contributed by atoms with E-state index < -0.39 is 34.5 Å². The normalized spacial score (nSPS) is 10.6. The summed E-state index contributed by atoms with van der Waals surface area (Å²) in [5.74, 6) is -6.83. The standard InChI is InChI=1S/C12H7F3O3/c13-8-4-7(10(14)12(18)11(8)15)6-3-5(16)1-2-9(6)17/h1-4,16-18H. The van der Waals surface area contributed by atoms with Crippen LogP contribution in [0.3, 0.4) is 0 Å². The van der Waals surface area contributed by atoms with Gasteiger partial charge in [-0.25, -0.2) is 8.78 Å². The van der Waals surface area contributed by atoms with E-state index in [4.69, 9.17) is 5.11 Å². The summed E-state index contributed by atoms with van der Waals surface area (Å²) in [6.45, 7) is 0. The zero-order valence-corrected chi connectivity index (χ0v) is 8.78. The van der Waals surface area contributed by atoms with Crippen LogP contribution in [0.2, 0.25) is 0 Å². The predicted molar refractivity (Wildman–Crippen MR) is 56.7 cm³/mol. The van der Waals surface area contributed by atoms with Crippen molar-refractivity contribution in [2.45, 2.75) is 0 Å². The molecule has 0 aliphatic carbocycles. The Morgan fingerprint density at radius 3 is 2.11 bits per heavy atom. The molecule has 0 aliphatic heterocycles. The minimum atomic E-state index is -1.71. The number of hydrogen-bond acceptors (Lipinski definition) is 3. The highest BCUT2D eigenvalue weighted by Gasteiger charge is 2.20. The number of rotatable bonds is 1. The molecule has 0 spiro atoms. The number of phenolic OH excluding ortho intramolecular Hbond substituents is 3. The monoisotopic (exact) mass is 256 g/mol. The molecule has 0 unspecified atom stereocenters. The Kier molecular flexibility index (Phi) is 2.78. The average Bonchev–Trinajstić information content (AvgIpc) is 2.34. The van der Waals surface area contributed by atoms with Crippen molar-refractivity contribution in [1.29, 1.82) is 0 Å². The van der Waals surface area contributed by atoms with Crippen LogP contribution in [0.15, 0.2) is 24.3 Å². The van der Waals surface area contributed by atoms with Crippen molar-refractivity contribution in [3.05, 3.63) is 41.7 Å². The molecule has 0 saturated heterocycles. The second-order valence-corrected chi connectivity index (χ2v) is 3.58. The fraction of sp³-hybridized carbons (Fsp3) is 0. The molecule has 0 fully saturated rings. The zero-order valence-electron chi connectivity index (χ0n) is 8.78. The maximum absolute atomic E-state index is 13.6. The van der Waals surface area contributed by atoms with Crippen LogP contribution in [0.5, 0.6) is 17.2 Å². The van der Waals surface area contributed by atoms with E-state index in [1.165, 1.54) is 0 Å². The van der Waals surface area contributed by atoms with E-state index in [0.29, 0.717) is 6.07 Å². The van der Waals surface area contributed by atoms with E-state index in [1.54, 1.807) is 0 Å². The first-order chi connectivity index (χ1) is 8.41. The van der Waals surface area contributed by atoms with Crippen LogP contribution in [0.25, 0.3) is 11.1 Å². The zero-order chi connectivity index (χ0) is 13.4. The topological polar surface area (TPSA) is 60.7 Å². The van der Waals surface area contributed by atoms with Gasteiger partial charge in [0.1, 0.15) is 11.5 Å². The summed E-state index contributed by atoms with van der Waals surface area (Å²) in [6, 6.07) is 3.64. The fourth-order valence-corrected chi connectivity index (χ4v) is 1.53. The van der Waals surface area contributed by atoms with Gasteiger partial charge in [-0.3, -0.25) is 0 Å². The van der Waals surface area contributed by atoms with Gasteiger partial charge in [0.2, 0.25) is 5.82 Å². The quantitative estimate of drug-likeness (QED) is 0.543. The van der Waals surface area contributed by atoms with Crippen molar-refractivity contribution in [2.24, 2.45) is 0 Å². The molecular formula is C12H7F3O3. The van der Waals surface area contributed by atoms with Gasteiger partial charge in [-0.15, -0.1) is 0 Å². The molecule has 0 aromatic heterocycles. The SMILES string of the molecule is Oc1ccc(O)c(-c2cc(F)c(F)c(O)c2F)c1. The lowest BCUT2D eigenvalue weighted by Gasteiger charge is -2.09. The van der Waals surface area contributed by atoms with Crippen molar-refractivity contribution in [3.63, 3.8) is 0 Å². The van der Waals surface area contributed by atoms with Crippen molar-refractivity contribution in [3.8, 4) is 28.4 Å². The van der Waals surface area contributed by atoms with Gasteiger partial charge in [0.25, 0.3) is 0 Å². The Morgan fingerprint density at radius 2 is 1.44 bits per heavy atom. The smallest absolute Gasteiger partial charge is 0.203 e. The fourth-order valence-electron chi connectivity index (χ4n) is 1.53. The lowest BCUT2D eigenvalue weighted by atomic mass is 10.0. The van der Waals surface area contributed by atoms with E-state index >= 15 is 0 Å². The predicted octanol–water partition coefficient (Wildman–Crippen LogP) is 2.89. The molecule has 6 heteroatoms. The Bertz CT molecular complexity index is 626. The largest absolute Gasteiger partial charge is 0.508 e. The van der Waals surface area contributed by atoms with Gasteiger partial charge in [-0.1, -0.05) is 0 Å². The Hall–Kier alpha value is -2.37. The summed E-state index contributed by atoms with van der Waals surface area (Å²) >= 11 is 0. The summed E-state index contributed by atoms with van der Waals surface area (Å²) in [5.41, 5.74) is -0.818. The third kappa shape index (κ3) is 1.81. The molecular weight excluding hydrogens is 249 g/mol. The van der Waals surface area contributed by atoms with Crippen LogP contribution in [-0.2, 0) is 0 Å². The van der Waals surface area contributed by atoms with Gasteiger partial charge in [0, 0.05) is 11.1 Å². The molecule has 0 amide bonds. The minimum Gasteiger partial charge on any atom is -0.508 e. The van der Waals surface area contributed by atoms with E-state index in [-0.39, 0.29) is 11.3 Å². The number of hydrogen-bond donors (Lipinski definition) is 3. The molecule has 0 aliphatic rings. The lowest BCUT2D eigenvalue weighted by molar-refractivity contribution is 0.377. The Labute approximate surface area is 99.4 Å². The first-order valence-electron chi connectivity index (χ1n) is 4.80. The molecule has 3 N–H and O–H groups in total. The van der Waals surface area contributed by atoms with Crippen LogP contribution in [0.1, 0.15) is 0 Å². The van der Waals surface area contributed by atoms with Crippen LogP contribution in [0.4, 0.5) is 13.2 Å². The summed E-state index contributed by atoms with van der Waals surface area (Å²) in [4.78, 5) is 0. The molecule has 2 aromatic carbocycles. The highest BCUT2D eigenvalue weighted by molar-refractivity contribution is 5.73. The molecule has 2 rings (SSSR count). The van der Waals surface area contributed by atoms with E-state index in [9.17, 15) is 23.4 Å². The molecule has 94 valence electrons. The summed E-state index contributed by atoms with van der Waals surface area (Å²) in [6.07, 6.45) is 0. The number of halogens is 3. The Morgan fingerprint density at radius 1 is 0.778 bits per heavy atom. The minimum absolute atomic E-state index is 0.262. The molecule has 0 saturated carbocycles. The van der Waals surface area contributed by atoms with Crippen molar-refractivity contribution in [2.75, 3.05) is 0 Å². The summed E-state index contributed by atoms with van der Waals surface area (Å²) < 4.78 is 39.6. The van der Waals surface area contributed by atoms with Gasteiger partial charge in [0.15, 0.2) is 17.4 Å². The van der Waals surface area contributed by atoms with E-state index in [2.05, 4.69) is 0 Å². The van der Waals surface area contributed by atoms with Crippen molar-refractivity contribution < 1.29 is 28.5 Å². The van der Waals surface area contributed by atoms with Crippen LogP contribution >= 0.6 is 0 Å². The molecule has 0 radical (unpaired) electrons. The van der Waals surface area contributed by atoms with Crippen molar-refractivity contribution >= 4 is 0 Å². The molecule has 2 aromatic rings. The third-order valence-corrected chi connectivity index (χ3v) is 2.40. The maximum atomic E-state index is 13.6. The van der Waals surface area contributed by atoms with Crippen LogP contribution < -0.4 is 0 Å². The second-order valence-electron chi connectivity index (χ2n) is 3.58. The number of aromatic hydroxyl groups is 3. The number of phenols is 3. The van der Waals surface area contributed by atoms with Gasteiger partial charge in [-0.05, 0) is 24.3 Å². The van der Waals surface area contributed by atoms with Crippen LogP contribution in [0, 0.1) is 17.5 Å². The first-order valence-corrected chi connectivity index (χ1v) is 4.80. The van der Waals surface area contributed by atoms with E-state index in [0.717, 1.165) is 18.2 Å². The highest BCUT2D eigenvalue weighted by atomic mass is 19.2. The van der Waals surface area contributed by atoms with Gasteiger partial charge in [0.05, 0.1) is 0 Å². The average molecular weight is 256 g/mol. The highest BCUT2D eigenvalue weighted by Crippen LogP contribution is 2.38. The number of benzene rings is 2. The molecule has 0 atom stereocenters. The van der Waals surface area contributed by atoms with Gasteiger partial charge in [-0.2, -0.15) is 4.39 Å². The molecule has 18 heavy (non-hydrogen) atoms. The second kappa shape index (κ2) is 4.14. The third-order valence-electron chi connectivity index (χ3n) is 2.40. The Balaban J connectivity index is 2.75. The van der Waals surface area contributed by atoms with Crippen molar-refractivity contribution in [1.82, 2.24) is 0 Å².